The Morgan fingerprint density at radius 1 is 1.62 bits per heavy atom. The Kier molecular flexibility index (Phi) is 3.59. The maximum Gasteiger partial charge on any atom is 0.121 e. The van der Waals surface area contributed by atoms with Crippen molar-refractivity contribution in [3.05, 3.63) is 22.7 Å². The maximum absolute atomic E-state index is 8.39. The lowest BCUT2D eigenvalue weighted by atomic mass is 10.3. The summed E-state index contributed by atoms with van der Waals surface area (Å²) in [6.07, 6.45) is 0. The summed E-state index contributed by atoms with van der Waals surface area (Å²) in [7, 11) is 1.61. The number of anilines is 1. The smallest absolute Gasteiger partial charge is 0.121 e. The summed E-state index contributed by atoms with van der Waals surface area (Å²) in [5.41, 5.74) is 0.862. The van der Waals surface area contributed by atoms with E-state index in [1.165, 1.54) is 0 Å². The van der Waals surface area contributed by atoms with E-state index in [0.29, 0.717) is 0 Å². The van der Waals surface area contributed by atoms with Gasteiger partial charge in [0.05, 0.1) is 18.9 Å². The largest absolute Gasteiger partial charge is 0.497 e. The van der Waals surface area contributed by atoms with Gasteiger partial charge >= 0.3 is 0 Å². The van der Waals surface area contributed by atoms with Gasteiger partial charge in [-0.2, -0.15) is 5.26 Å². The van der Waals surface area contributed by atoms with E-state index >= 15 is 0 Å². The third-order valence-corrected chi connectivity index (χ3v) is 2.22. The van der Waals surface area contributed by atoms with Crippen molar-refractivity contribution >= 4 is 21.6 Å². The van der Waals surface area contributed by atoms with Crippen molar-refractivity contribution in [1.82, 2.24) is 0 Å². The molecule has 0 aromatic heterocycles. The maximum atomic E-state index is 8.39. The quantitative estimate of drug-likeness (QED) is 0.826. The van der Waals surface area contributed by atoms with E-state index < -0.39 is 0 Å². The molecule has 1 rings (SSSR count). The zero-order valence-electron chi connectivity index (χ0n) is 7.17. The van der Waals surface area contributed by atoms with Gasteiger partial charge in [0.1, 0.15) is 12.3 Å². The normalized spacial score (nSPS) is 9.00. The molecule has 0 heterocycles. The fourth-order valence-electron chi connectivity index (χ4n) is 0.902. The Morgan fingerprint density at radius 2 is 2.38 bits per heavy atom. The molecule has 68 valence electrons. The summed E-state index contributed by atoms with van der Waals surface area (Å²) < 4.78 is 5.97. The first kappa shape index (κ1) is 9.87. The van der Waals surface area contributed by atoms with Crippen LogP contribution in [0.25, 0.3) is 0 Å². The molecule has 0 aliphatic rings. The predicted molar refractivity (Wildman–Crippen MR) is 54.8 cm³/mol. The van der Waals surface area contributed by atoms with Crippen LogP contribution < -0.4 is 10.1 Å². The van der Waals surface area contributed by atoms with E-state index in [1.807, 2.05) is 24.3 Å². The van der Waals surface area contributed by atoms with Crippen LogP contribution in [-0.2, 0) is 0 Å². The minimum absolute atomic E-state index is 0.283. The van der Waals surface area contributed by atoms with Crippen LogP contribution in [0.4, 0.5) is 5.69 Å². The monoisotopic (exact) mass is 240 g/mol. The molecular formula is C9H9BrN2O. The van der Waals surface area contributed by atoms with E-state index in [-0.39, 0.29) is 6.54 Å². The highest BCUT2D eigenvalue weighted by molar-refractivity contribution is 9.10. The fourth-order valence-corrected chi connectivity index (χ4v) is 1.29. The standard InChI is InChI=1S/C9H9BrN2O/c1-13-7-2-3-8(10)9(6-7)12-5-4-11/h2-3,6,12H,5H2,1H3. The third-order valence-electron chi connectivity index (χ3n) is 1.53. The molecule has 0 aliphatic heterocycles. The van der Waals surface area contributed by atoms with Crippen LogP contribution in [0.2, 0.25) is 0 Å². The van der Waals surface area contributed by atoms with Gasteiger partial charge in [-0.15, -0.1) is 0 Å². The Bertz CT molecular complexity index is 333. The van der Waals surface area contributed by atoms with Gasteiger partial charge in [0.25, 0.3) is 0 Å². The van der Waals surface area contributed by atoms with E-state index in [4.69, 9.17) is 10.00 Å². The molecule has 1 N–H and O–H groups in total. The van der Waals surface area contributed by atoms with Gasteiger partial charge in [0.2, 0.25) is 0 Å². The van der Waals surface area contributed by atoms with Crippen LogP contribution in [0.1, 0.15) is 0 Å². The van der Waals surface area contributed by atoms with Gasteiger partial charge in [0.15, 0.2) is 0 Å². The number of ether oxygens (including phenoxy) is 1. The first-order valence-electron chi connectivity index (χ1n) is 3.72. The van der Waals surface area contributed by atoms with Crippen LogP contribution in [0.5, 0.6) is 5.75 Å². The highest BCUT2D eigenvalue weighted by atomic mass is 79.9. The number of halogens is 1. The average molecular weight is 241 g/mol. The van der Waals surface area contributed by atoms with Crippen molar-refractivity contribution in [3.8, 4) is 11.8 Å². The van der Waals surface area contributed by atoms with E-state index in [1.54, 1.807) is 7.11 Å². The Balaban J connectivity index is 2.85. The highest BCUT2D eigenvalue weighted by Gasteiger charge is 2.00. The van der Waals surface area contributed by atoms with Crippen LogP contribution in [-0.4, -0.2) is 13.7 Å². The number of hydrogen-bond donors (Lipinski definition) is 1. The summed E-state index contributed by atoms with van der Waals surface area (Å²) in [5.74, 6) is 0.767. The van der Waals surface area contributed by atoms with E-state index in [9.17, 15) is 0 Å². The van der Waals surface area contributed by atoms with Crippen molar-refractivity contribution in [2.45, 2.75) is 0 Å². The van der Waals surface area contributed by atoms with E-state index in [2.05, 4.69) is 21.2 Å². The van der Waals surface area contributed by atoms with Crippen LogP contribution in [0, 0.1) is 11.3 Å². The fraction of sp³-hybridized carbons (Fsp3) is 0.222. The van der Waals surface area contributed by atoms with Crippen LogP contribution in [0.15, 0.2) is 22.7 Å². The number of hydrogen-bond acceptors (Lipinski definition) is 3. The SMILES string of the molecule is COc1ccc(Br)c(NCC#N)c1. The molecule has 0 amide bonds. The molecule has 1 aromatic rings. The van der Waals surface area contributed by atoms with Crippen molar-refractivity contribution in [2.75, 3.05) is 19.0 Å². The number of methoxy groups -OCH3 is 1. The number of nitrogens with one attached hydrogen (secondary N) is 1. The first-order chi connectivity index (χ1) is 6.27. The molecule has 0 atom stereocenters. The number of nitriles is 1. The third kappa shape index (κ3) is 2.63. The highest BCUT2D eigenvalue weighted by Crippen LogP contribution is 2.26. The lowest BCUT2D eigenvalue weighted by molar-refractivity contribution is 0.415. The second kappa shape index (κ2) is 4.73. The minimum Gasteiger partial charge on any atom is -0.497 e. The molecule has 13 heavy (non-hydrogen) atoms. The molecule has 0 bridgehead atoms. The van der Waals surface area contributed by atoms with Crippen molar-refractivity contribution < 1.29 is 4.74 Å². The summed E-state index contributed by atoms with van der Waals surface area (Å²) in [6.45, 7) is 0.283. The van der Waals surface area contributed by atoms with E-state index in [0.717, 1.165) is 15.9 Å². The molecule has 0 aliphatic carbocycles. The Labute approximate surface area is 85.4 Å². The van der Waals surface area contributed by atoms with Gasteiger partial charge in [-0.25, -0.2) is 0 Å². The van der Waals surface area contributed by atoms with Crippen molar-refractivity contribution in [3.63, 3.8) is 0 Å². The van der Waals surface area contributed by atoms with Gasteiger partial charge in [-0.1, -0.05) is 0 Å². The average Bonchev–Trinajstić information content (AvgIpc) is 2.17. The molecule has 0 fully saturated rings. The molecule has 3 nitrogen and oxygen atoms in total. The second-order valence-corrected chi connectivity index (χ2v) is 3.21. The van der Waals surface area contributed by atoms with Gasteiger partial charge < -0.3 is 10.1 Å². The predicted octanol–water partition coefficient (Wildman–Crippen LogP) is 2.39. The topological polar surface area (TPSA) is 45.0 Å². The summed E-state index contributed by atoms with van der Waals surface area (Å²) >= 11 is 3.36. The zero-order valence-corrected chi connectivity index (χ0v) is 8.76. The van der Waals surface area contributed by atoms with Crippen molar-refractivity contribution in [1.29, 1.82) is 5.26 Å². The first-order valence-corrected chi connectivity index (χ1v) is 4.51. The molecule has 0 saturated heterocycles. The molecule has 4 heteroatoms. The Hall–Kier alpha value is -1.21. The summed E-state index contributed by atoms with van der Waals surface area (Å²) in [6, 6.07) is 7.57. The van der Waals surface area contributed by atoms with Gasteiger partial charge in [-0.3, -0.25) is 0 Å². The number of nitrogens with zero attached hydrogens (tertiary/aromatic N) is 1. The number of rotatable bonds is 3. The van der Waals surface area contributed by atoms with Crippen molar-refractivity contribution in [2.24, 2.45) is 0 Å². The molecular weight excluding hydrogens is 232 g/mol. The zero-order chi connectivity index (χ0) is 9.68. The van der Waals surface area contributed by atoms with Gasteiger partial charge in [-0.05, 0) is 28.1 Å². The number of benzene rings is 1. The molecule has 0 unspecified atom stereocenters. The lowest BCUT2D eigenvalue weighted by Gasteiger charge is -2.06. The van der Waals surface area contributed by atoms with Gasteiger partial charge in [0, 0.05) is 10.5 Å². The summed E-state index contributed by atoms with van der Waals surface area (Å²) in [4.78, 5) is 0. The molecule has 0 spiro atoms. The summed E-state index contributed by atoms with van der Waals surface area (Å²) in [5, 5.41) is 11.3. The molecule has 0 radical (unpaired) electrons. The lowest BCUT2D eigenvalue weighted by Crippen LogP contribution is -1.99. The van der Waals surface area contributed by atoms with Crippen LogP contribution in [0.3, 0.4) is 0 Å². The molecule has 1 aromatic carbocycles. The van der Waals surface area contributed by atoms with Crippen LogP contribution >= 0.6 is 15.9 Å². The molecule has 0 saturated carbocycles. The Morgan fingerprint density at radius 3 is 3.00 bits per heavy atom. The second-order valence-electron chi connectivity index (χ2n) is 2.36. The minimum atomic E-state index is 0.283.